The van der Waals surface area contributed by atoms with Crippen LogP contribution in [0.1, 0.15) is 24.0 Å². The molecule has 3 aromatic carbocycles. The number of carbonyl (C=O) groups excluding carboxylic acids is 1. The van der Waals surface area contributed by atoms with E-state index in [1.165, 1.54) is 18.2 Å². The predicted molar refractivity (Wildman–Crippen MR) is 128 cm³/mol. The molecule has 3 aromatic rings. The van der Waals surface area contributed by atoms with E-state index in [1.54, 1.807) is 29.2 Å². The molecule has 8 heteroatoms. The fraction of sp³-hybridized carbons (Fsp3) is 0.269. The summed E-state index contributed by atoms with van der Waals surface area (Å²) < 4.78 is 14.3. The Labute approximate surface area is 197 Å². The van der Waals surface area contributed by atoms with E-state index in [0.717, 1.165) is 48.4 Å². The molecule has 5 rings (SSSR count). The molecule has 1 N–H and O–H groups in total. The predicted octanol–water partition coefficient (Wildman–Crippen LogP) is 5.32. The number of anilines is 2. The molecule has 2 aliphatic heterocycles. The topological polar surface area (TPSA) is 78.7 Å². The van der Waals surface area contributed by atoms with Crippen LogP contribution in [-0.4, -0.2) is 35.5 Å². The van der Waals surface area contributed by atoms with Crippen molar-refractivity contribution in [2.75, 3.05) is 29.9 Å². The van der Waals surface area contributed by atoms with Gasteiger partial charge in [0.2, 0.25) is 0 Å². The highest BCUT2D eigenvalue weighted by Gasteiger charge is 2.46. The summed E-state index contributed by atoms with van der Waals surface area (Å²) in [5.74, 6) is -0.295. The Hall–Kier alpha value is -3.78. The highest BCUT2D eigenvalue weighted by molar-refractivity contribution is 6.03. The zero-order valence-electron chi connectivity index (χ0n) is 18.6. The lowest BCUT2D eigenvalue weighted by Gasteiger charge is -2.40. The molecule has 1 fully saturated rings. The summed E-state index contributed by atoms with van der Waals surface area (Å²) in [6.45, 7) is 2.79. The summed E-state index contributed by atoms with van der Waals surface area (Å²) in [6.07, 6.45) is 1.59. The van der Waals surface area contributed by atoms with Gasteiger partial charge in [-0.3, -0.25) is 19.9 Å². The van der Waals surface area contributed by atoms with Crippen LogP contribution in [-0.2, 0) is 12.0 Å². The maximum atomic E-state index is 14.3. The number of para-hydroxylation sites is 1. The number of nitrogens with one attached hydrogen (secondary N) is 1. The molecule has 0 aromatic heterocycles. The fourth-order valence-electron chi connectivity index (χ4n) is 5.08. The van der Waals surface area contributed by atoms with Gasteiger partial charge in [0, 0.05) is 42.0 Å². The van der Waals surface area contributed by atoms with Crippen LogP contribution in [0.2, 0.25) is 0 Å². The summed E-state index contributed by atoms with van der Waals surface area (Å²) in [5.41, 5.74) is 3.18. The number of carbonyl (C=O) groups is 1. The van der Waals surface area contributed by atoms with Gasteiger partial charge in [-0.05, 0) is 67.4 Å². The largest absolute Gasteiger partial charge is 0.326 e. The SMILES string of the molecule is O=C(Nc1ccccc1)N1CC2(CCN(Cc3ccc([N+](=O)[O-])cc3)CC2)c2cc(F)ccc21. The molecule has 2 aliphatic rings. The number of hydrogen-bond acceptors (Lipinski definition) is 4. The number of benzene rings is 3. The molecule has 2 amide bonds. The summed E-state index contributed by atoms with van der Waals surface area (Å²) in [6, 6.07) is 20.4. The minimum atomic E-state index is -0.398. The van der Waals surface area contributed by atoms with Gasteiger partial charge in [0.15, 0.2) is 0 Å². The lowest BCUT2D eigenvalue weighted by Crippen LogP contribution is -2.46. The Kier molecular flexibility index (Phi) is 5.75. The number of nitro benzene ring substituents is 1. The van der Waals surface area contributed by atoms with Crippen LogP contribution in [0.3, 0.4) is 0 Å². The van der Waals surface area contributed by atoms with Gasteiger partial charge in [0.1, 0.15) is 5.82 Å². The van der Waals surface area contributed by atoms with E-state index in [1.807, 2.05) is 30.3 Å². The van der Waals surface area contributed by atoms with Crippen LogP contribution in [0.5, 0.6) is 0 Å². The first-order chi connectivity index (χ1) is 16.4. The lowest BCUT2D eigenvalue weighted by molar-refractivity contribution is -0.384. The minimum Gasteiger partial charge on any atom is -0.308 e. The van der Waals surface area contributed by atoms with Crippen molar-refractivity contribution in [1.29, 1.82) is 0 Å². The summed E-state index contributed by atoms with van der Waals surface area (Å²) in [4.78, 5) is 27.7. The van der Waals surface area contributed by atoms with E-state index in [2.05, 4.69) is 10.2 Å². The average Bonchev–Trinajstić information content (AvgIpc) is 3.15. The zero-order chi connectivity index (χ0) is 23.7. The van der Waals surface area contributed by atoms with Gasteiger partial charge in [-0.15, -0.1) is 0 Å². The van der Waals surface area contributed by atoms with Crippen molar-refractivity contribution in [3.63, 3.8) is 0 Å². The second-order valence-corrected chi connectivity index (χ2v) is 9.02. The molecule has 1 spiro atoms. The van der Waals surface area contributed by atoms with Crippen molar-refractivity contribution >= 4 is 23.1 Å². The van der Waals surface area contributed by atoms with E-state index >= 15 is 0 Å². The normalized spacial score (nSPS) is 16.9. The molecule has 0 bridgehead atoms. The smallest absolute Gasteiger partial charge is 0.308 e. The molecular formula is C26H25FN4O3. The summed E-state index contributed by atoms with van der Waals surface area (Å²) in [7, 11) is 0. The van der Waals surface area contributed by atoms with Crippen molar-refractivity contribution < 1.29 is 14.1 Å². The van der Waals surface area contributed by atoms with E-state index in [0.29, 0.717) is 13.1 Å². The number of nitrogens with zero attached hydrogens (tertiary/aromatic N) is 3. The van der Waals surface area contributed by atoms with E-state index in [-0.39, 0.29) is 23.0 Å². The van der Waals surface area contributed by atoms with Gasteiger partial charge >= 0.3 is 6.03 Å². The maximum absolute atomic E-state index is 14.3. The molecule has 0 aliphatic carbocycles. The van der Waals surface area contributed by atoms with Gasteiger partial charge in [-0.2, -0.15) is 0 Å². The molecule has 34 heavy (non-hydrogen) atoms. The number of halogens is 1. The molecule has 174 valence electrons. The van der Waals surface area contributed by atoms with Crippen molar-refractivity contribution in [3.05, 3.63) is 99.9 Å². The third kappa shape index (κ3) is 4.24. The highest BCUT2D eigenvalue weighted by Crippen LogP contribution is 2.47. The fourth-order valence-corrected chi connectivity index (χ4v) is 5.08. The number of amides is 2. The summed E-state index contributed by atoms with van der Waals surface area (Å²) in [5, 5.41) is 13.8. The molecular weight excluding hydrogens is 435 g/mol. The molecule has 0 saturated carbocycles. The Balaban J connectivity index is 1.31. The second-order valence-electron chi connectivity index (χ2n) is 9.02. The first kappa shape index (κ1) is 22.0. The number of piperidine rings is 1. The van der Waals surface area contributed by atoms with Crippen molar-refractivity contribution in [2.24, 2.45) is 0 Å². The quantitative estimate of drug-likeness (QED) is 0.422. The van der Waals surface area contributed by atoms with Crippen molar-refractivity contribution in [1.82, 2.24) is 4.90 Å². The lowest BCUT2D eigenvalue weighted by atomic mass is 9.74. The monoisotopic (exact) mass is 460 g/mol. The first-order valence-electron chi connectivity index (χ1n) is 11.3. The number of hydrogen-bond donors (Lipinski definition) is 1. The average molecular weight is 461 g/mol. The Morgan fingerprint density at radius 2 is 1.74 bits per heavy atom. The van der Waals surface area contributed by atoms with Gasteiger partial charge in [-0.25, -0.2) is 9.18 Å². The standard InChI is InChI=1S/C26H25FN4O3/c27-20-8-11-24-23(16-20)26(18-30(24)25(32)28-21-4-2-1-3-5-21)12-14-29(15-13-26)17-19-6-9-22(10-7-19)31(33)34/h1-11,16H,12-15,17-18H2,(H,28,32). The van der Waals surface area contributed by atoms with Crippen LogP contribution in [0, 0.1) is 15.9 Å². The van der Waals surface area contributed by atoms with Crippen LogP contribution in [0.15, 0.2) is 72.8 Å². The van der Waals surface area contributed by atoms with Crippen molar-refractivity contribution in [2.45, 2.75) is 24.8 Å². The molecule has 2 heterocycles. The first-order valence-corrected chi connectivity index (χ1v) is 11.3. The number of fused-ring (bicyclic) bond motifs is 2. The Morgan fingerprint density at radius 3 is 2.41 bits per heavy atom. The van der Waals surface area contributed by atoms with E-state index in [9.17, 15) is 19.3 Å². The Morgan fingerprint density at radius 1 is 1.03 bits per heavy atom. The van der Waals surface area contributed by atoms with Crippen LogP contribution in [0.4, 0.5) is 26.2 Å². The Bertz CT molecular complexity index is 1210. The van der Waals surface area contributed by atoms with Crippen LogP contribution in [0.25, 0.3) is 0 Å². The molecule has 0 unspecified atom stereocenters. The minimum absolute atomic E-state index is 0.0832. The molecule has 0 radical (unpaired) electrons. The number of nitro groups is 1. The maximum Gasteiger partial charge on any atom is 0.326 e. The van der Waals surface area contributed by atoms with E-state index in [4.69, 9.17) is 0 Å². The number of likely N-dealkylation sites (tertiary alicyclic amines) is 1. The van der Waals surface area contributed by atoms with Crippen LogP contribution < -0.4 is 10.2 Å². The number of urea groups is 1. The third-order valence-electron chi connectivity index (χ3n) is 6.92. The van der Waals surface area contributed by atoms with Gasteiger partial charge in [-0.1, -0.05) is 30.3 Å². The van der Waals surface area contributed by atoms with Crippen molar-refractivity contribution in [3.8, 4) is 0 Å². The van der Waals surface area contributed by atoms with Crippen LogP contribution >= 0.6 is 0 Å². The third-order valence-corrected chi connectivity index (χ3v) is 6.92. The van der Waals surface area contributed by atoms with Gasteiger partial charge in [0.25, 0.3) is 5.69 Å². The van der Waals surface area contributed by atoms with Gasteiger partial charge < -0.3 is 5.32 Å². The number of non-ortho nitro benzene ring substituents is 1. The highest BCUT2D eigenvalue weighted by atomic mass is 19.1. The molecule has 0 atom stereocenters. The van der Waals surface area contributed by atoms with Gasteiger partial charge in [0.05, 0.1) is 4.92 Å². The summed E-state index contributed by atoms with van der Waals surface area (Å²) >= 11 is 0. The second kappa shape index (κ2) is 8.87. The molecule has 7 nitrogen and oxygen atoms in total. The molecule has 1 saturated heterocycles. The zero-order valence-corrected chi connectivity index (χ0v) is 18.6. The van der Waals surface area contributed by atoms with E-state index < -0.39 is 4.92 Å². The number of rotatable bonds is 4.